The Labute approximate surface area is 565 Å². The van der Waals surface area contributed by atoms with E-state index in [0.717, 1.165) is 94.2 Å². The normalized spacial score (nSPS) is 11.5. The summed E-state index contributed by atoms with van der Waals surface area (Å²) in [4.78, 5) is 93.4. The van der Waals surface area contributed by atoms with Crippen LogP contribution in [0.5, 0.6) is 11.5 Å². The SMILES string of the molecule is C=CC(=O)OCC(COCC(COC(=O)C=C)(COC(=O)C=C)COC(=O)C=C)(COC(=O)C=C)COC(=O)C=C.C=CC(=O)OCCCOc1ccc(C2(c3ccc(OCCCOC(=O)C=C)cc3)c3ccccc3-c3ccccc32)cc1.SCC(CS)(CS)CS. The molecular weight excluding hydrogens is 1270 g/mol. The van der Waals surface area contributed by atoms with Gasteiger partial charge in [-0.25, -0.2) is 38.4 Å². The average molecular weight is 1350 g/mol. The molecule has 498 valence electrons. The highest BCUT2D eigenvalue weighted by atomic mass is 32.1. The smallest absolute Gasteiger partial charge is 0.330 e. The van der Waals surface area contributed by atoms with Crippen molar-refractivity contribution < 1.29 is 90.5 Å². The fourth-order valence-electron chi connectivity index (χ4n) is 8.57. The lowest BCUT2D eigenvalue weighted by Crippen LogP contribution is -2.47. The first kappa shape index (κ1) is 78.8. The number of thiol groups is 4. The van der Waals surface area contributed by atoms with Gasteiger partial charge in [0.25, 0.3) is 0 Å². The van der Waals surface area contributed by atoms with Gasteiger partial charge in [-0.15, -0.1) is 0 Å². The predicted octanol–water partition coefficient (Wildman–Crippen LogP) is 10.1. The molecule has 0 atom stereocenters. The van der Waals surface area contributed by atoms with Gasteiger partial charge in [0.1, 0.15) is 51.1 Å². The molecule has 0 N–H and O–H groups in total. The van der Waals surface area contributed by atoms with Crippen LogP contribution in [0.25, 0.3) is 11.1 Å². The standard InChI is InChI=1S/C37H34O6.C28H34O13.C5H12S4/c1-3-35(38)42-25-9-23-40-29-19-15-27(16-20-29)37(33-13-7-5-11-31(33)32-12-6-8-14-34(32)37)28-17-21-30(22-18-28)41-24-10-26-43-36(39)4-2;1-7-21(29)36-15-27(16-37-22(30)8-2,17-38-23(31)9-3)13-35-14-28(18-39-24(32)10-4,19-40-25(33)11-5)20-41-26(34)12-6;6-1-5(2-7,3-8)4-9/h3-8,11-22H,1-2,9-10,23-26H2;7-12H,1-6,13-20H2;6-9H,1-4H2. The molecule has 0 amide bonds. The van der Waals surface area contributed by atoms with Gasteiger partial charge in [0.15, 0.2) is 0 Å². The molecule has 0 saturated heterocycles. The molecule has 0 spiro atoms. The minimum absolute atomic E-state index is 0.123. The molecule has 0 radical (unpaired) electrons. The molecule has 1 aliphatic rings. The molecule has 1 aliphatic carbocycles. The number of hydrogen-bond donors (Lipinski definition) is 4. The number of ether oxygens (including phenoxy) is 11. The van der Waals surface area contributed by atoms with Gasteiger partial charge in [-0.3, -0.25) is 0 Å². The van der Waals surface area contributed by atoms with E-state index < -0.39 is 117 Å². The molecule has 0 aromatic heterocycles. The van der Waals surface area contributed by atoms with E-state index in [2.05, 4.69) is 176 Å². The molecule has 4 aromatic carbocycles. The van der Waals surface area contributed by atoms with Crippen LogP contribution in [0.1, 0.15) is 35.1 Å². The van der Waals surface area contributed by atoms with Gasteiger partial charge < -0.3 is 52.1 Å². The first-order valence-corrected chi connectivity index (χ1v) is 31.3. The van der Waals surface area contributed by atoms with Gasteiger partial charge in [0, 0.05) is 66.9 Å². The Morgan fingerprint density at radius 3 is 0.839 bits per heavy atom. The lowest BCUT2D eigenvalue weighted by atomic mass is 9.68. The van der Waals surface area contributed by atoms with Gasteiger partial charge in [-0.1, -0.05) is 125 Å². The summed E-state index contributed by atoms with van der Waals surface area (Å²) in [5, 5.41) is 0. The Hall–Kier alpha value is -8.48. The van der Waals surface area contributed by atoms with Crippen LogP contribution in [0.3, 0.4) is 0 Å². The number of hydrogen-bond acceptors (Lipinski definition) is 23. The highest BCUT2D eigenvalue weighted by Gasteiger charge is 2.46. The number of fused-ring (bicyclic) bond motifs is 3. The molecule has 0 fully saturated rings. The molecule has 19 nitrogen and oxygen atoms in total. The lowest BCUT2D eigenvalue weighted by Gasteiger charge is -2.35. The summed E-state index contributed by atoms with van der Waals surface area (Å²) in [6.07, 6.45) is 8.80. The van der Waals surface area contributed by atoms with E-state index in [4.69, 9.17) is 52.1 Å². The van der Waals surface area contributed by atoms with Crippen LogP contribution in [0.4, 0.5) is 0 Å². The Bertz CT molecular complexity index is 2870. The zero-order valence-corrected chi connectivity index (χ0v) is 55.4. The van der Waals surface area contributed by atoms with E-state index in [-0.39, 0.29) is 18.6 Å². The predicted molar refractivity (Wildman–Crippen MR) is 367 cm³/mol. The van der Waals surface area contributed by atoms with Crippen LogP contribution in [0, 0.1) is 16.2 Å². The van der Waals surface area contributed by atoms with E-state index in [1.54, 1.807) is 0 Å². The van der Waals surface area contributed by atoms with E-state index in [9.17, 15) is 38.4 Å². The second-order valence-electron chi connectivity index (χ2n) is 20.5. The molecule has 0 bridgehead atoms. The quantitative estimate of drug-likeness (QED) is 0.00938. The van der Waals surface area contributed by atoms with Crippen LogP contribution < -0.4 is 9.47 Å². The molecule has 23 heteroatoms. The van der Waals surface area contributed by atoms with Crippen LogP contribution >= 0.6 is 50.5 Å². The average Bonchev–Trinajstić information content (AvgIpc) is 1.56. The summed E-state index contributed by atoms with van der Waals surface area (Å²) < 4.78 is 58.6. The third-order valence-corrected chi connectivity index (χ3v) is 16.4. The monoisotopic (exact) mass is 1350 g/mol. The fraction of sp³-hybridized carbons (Fsp3) is 0.314. The molecule has 93 heavy (non-hydrogen) atoms. The Kier molecular flexibility index (Phi) is 35.5. The van der Waals surface area contributed by atoms with E-state index in [0.29, 0.717) is 26.1 Å². The second-order valence-corrected chi connectivity index (χ2v) is 21.8. The van der Waals surface area contributed by atoms with Gasteiger partial charge in [-0.05, 0) is 80.7 Å². The first-order valence-electron chi connectivity index (χ1n) is 28.8. The number of carbonyl (C=O) groups excluding carboxylic acids is 8. The van der Waals surface area contributed by atoms with E-state index in [1.807, 2.05) is 24.3 Å². The lowest BCUT2D eigenvalue weighted by molar-refractivity contribution is -0.169. The molecule has 0 heterocycles. The maximum Gasteiger partial charge on any atom is 0.330 e. The van der Waals surface area contributed by atoms with Crippen molar-refractivity contribution in [2.75, 3.05) is 102 Å². The van der Waals surface area contributed by atoms with Gasteiger partial charge in [-0.2, -0.15) is 50.5 Å². The van der Waals surface area contributed by atoms with Crippen molar-refractivity contribution in [3.8, 4) is 22.6 Å². The highest BCUT2D eigenvalue weighted by Crippen LogP contribution is 2.56. The zero-order chi connectivity index (χ0) is 68.7. The van der Waals surface area contributed by atoms with Gasteiger partial charge >= 0.3 is 47.8 Å². The van der Waals surface area contributed by atoms with Crippen molar-refractivity contribution in [3.05, 3.63) is 221 Å². The van der Waals surface area contributed by atoms with Crippen molar-refractivity contribution in [1.29, 1.82) is 0 Å². The zero-order valence-electron chi connectivity index (χ0n) is 51.8. The largest absolute Gasteiger partial charge is 0.493 e. The molecule has 0 unspecified atom stereocenters. The molecule has 5 rings (SSSR count). The third-order valence-electron chi connectivity index (χ3n) is 13.7. The van der Waals surface area contributed by atoms with Crippen molar-refractivity contribution in [2.24, 2.45) is 16.2 Å². The summed E-state index contributed by atoms with van der Waals surface area (Å²) in [7, 11) is 0. The number of rotatable bonds is 40. The minimum Gasteiger partial charge on any atom is -0.493 e. The Balaban J connectivity index is 0.000000429. The van der Waals surface area contributed by atoms with Crippen LogP contribution in [0.2, 0.25) is 0 Å². The third kappa shape index (κ3) is 24.8. The molecule has 0 aliphatic heterocycles. The first-order chi connectivity index (χ1) is 44.7. The molecule has 4 aromatic rings. The summed E-state index contributed by atoms with van der Waals surface area (Å²) in [6.45, 7) is 24.3. The van der Waals surface area contributed by atoms with Crippen LogP contribution in [-0.2, 0) is 86.4 Å². The minimum atomic E-state index is -1.49. The van der Waals surface area contributed by atoms with Crippen LogP contribution in [-0.4, -0.2) is 150 Å². The maximum atomic E-state index is 11.8. The Morgan fingerprint density at radius 1 is 0.333 bits per heavy atom. The number of benzene rings is 4. The number of carbonyl (C=O) groups is 8. The summed E-state index contributed by atoms with van der Waals surface area (Å²) in [6, 6.07) is 33.6. The van der Waals surface area contributed by atoms with E-state index in [1.165, 1.54) is 22.3 Å². The van der Waals surface area contributed by atoms with Gasteiger partial charge in [0.05, 0.1) is 55.9 Å². The molecular formula is C70H80O19S4. The van der Waals surface area contributed by atoms with Crippen molar-refractivity contribution >= 4 is 98.3 Å². The summed E-state index contributed by atoms with van der Waals surface area (Å²) in [5.41, 5.74) is 3.69. The second kappa shape index (κ2) is 41.9. The number of esters is 8. The van der Waals surface area contributed by atoms with Crippen molar-refractivity contribution in [1.82, 2.24) is 0 Å². The Morgan fingerprint density at radius 2 is 0.591 bits per heavy atom. The maximum absolute atomic E-state index is 11.8. The topological polar surface area (TPSA) is 238 Å². The fourth-order valence-corrected chi connectivity index (χ4v) is 11.0. The van der Waals surface area contributed by atoms with Crippen molar-refractivity contribution in [3.63, 3.8) is 0 Å². The summed E-state index contributed by atoms with van der Waals surface area (Å²) >= 11 is 16.8. The summed E-state index contributed by atoms with van der Waals surface area (Å²) in [5.74, 6) is -1.15. The highest BCUT2D eigenvalue weighted by molar-refractivity contribution is 7.83. The van der Waals surface area contributed by atoms with Gasteiger partial charge in [0.2, 0.25) is 0 Å². The van der Waals surface area contributed by atoms with E-state index >= 15 is 0 Å². The van der Waals surface area contributed by atoms with Crippen molar-refractivity contribution in [2.45, 2.75) is 18.3 Å². The molecule has 0 saturated carbocycles. The van der Waals surface area contributed by atoms with Crippen LogP contribution in [0.15, 0.2) is 198 Å².